The predicted molar refractivity (Wildman–Crippen MR) is 83.2 cm³/mol. The molecule has 122 valence electrons. The van der Waals surface area contributed by atoms with E-state index < -0.39 is 22.8 Å². The van der Waals surface area contributed by atoms with E-state index in [4.69, 9.17) is 5.73 Å². The molecular weight excluding hydrogens is 314 g/mol. The minimum Gasteiger partial charge on any atom is -0.465 e. The maximum atomic E-state index is 11.8. The largest absolute Gasteiger partial charge is 0.465 e. The highest BCUT2D eigenvalue weighted by molar-refractivity contribution is 5.97. The maximum Gasteiger partial charge on any atom is 0.338 e. The summed E-state index contributed by atoms with van der Waals surface area (Å²) >= 11 is 0. The molecule has 22 heavy (non-hydrogen) atoms. The highest BCUT2D eigenvalue weighted by Crippen LogP contribution is 2.21. The molecule has 8 nitrogen and oxygen atoms in total. The zero-order valence-corrected chi connectivity index (χ0v) is 13.0. The quantitative estimate of drug-likeness (QED) is 0.465. The molecule has 3 N–H and O–H groups in total. The van der Waals surface area contributed by atoms with Gasteiger partial charge < -0.3 is 15.8 Å². The van der Waals surface area contributed by atoms with E-state index in [2.05, 4.69) is 10.1 Å². The summed E-state index contributed by atoms with van der Waals surface area (Å²) in [4.78, 5) is 33.5. The average molecular weight is 332 g/mol. The number of hydrogen-bond acceptors (Lipinski definition) is 6. The van der Waals surface area contributed by atoms with Gasteiger partial charge in [-0.2, -0.15) is 0 Å². The van der Waals surface area contributed by atoms with Crippen LogP contribution in [0.5, 0.6) is 0 Å². The zero-order valence-electron chi connectivity index (χ0n) is 12.2. The molecule has 9 heteroatoms. The van der Waals surface area contributed by atoms with E-state index in [9.17, 15) is 19.7 Å². The van der Waals surface area contributed by atoms with Crippen LogP contribution in [0.3, 0.4) is 0 Å². The number of carbonyl (C=O) groups is 2. The fourth-order valence-electron chi connectivity index (χ4n) is 1.70. The number of methoxy groups -OCH3 is 1. The van der Waals surface area contributed by atoms with E-state index in [0.29, 0.717) is 6.42 Å². The Kier molecular flexibility index (Phi) is 8.06. The van der Waals surface area contributed by atoms with Gasteiger partial charge in [-0.25, -0.2) is 4.79 Å². The van der Waals surface area contributed by atoms with Gasteiger partial charge in [-0.3, -0.25) is 14.9 Å². The molecule has 0 bridgehead atoms. The van der Waals surface area contributed by atoms with Crippen LogP contribution in [0.4, 0.5) is 11.4 Å². The number of nitro benzene ring substituents is 1. The minimum atomic E-state index is -0.730. The van der Waals surface area contributed by atoms with Gasteiger partial charge in [0.15, 0.2) is 0 Å². The molecule has 0 fully saturated rings. The topological polar surface area (TPSA) is 125 Å². The molecule has 0 aromatic heterocycles. The van der Waals surface area contributed by atoms with Crippen molar-refractivity contribution in [3.8, 4) is 0 Å². The number of carbonyl (C=O) groups excluding carboxylic acids is 2. The van der Waals surface area contributed by atoms with Crippen LogP contribution in [0.2, 0.25) is 0 Å². The van der Waals surface area contributed by atoms with Crippen LogP contribution in [0.15, 0.2) is 18.2 Å². The Hall–Kier alpha value is -2.19. The van der Waals surface area contributed by atoms with Gasteiger partial charge in [-0.05, 0) is 12.5 Å². The summed E-state index contributed by atoms with van der Waals surface area (Å²) in [5.41, 5.74) is 5.44. The van der Waals surface area contributed by atoms with Gasteiger partial charge in [0.1, 0.15) is 0 Å². The predicted octanol–water partition coefficient (Wildman–Crippen LogP) is 1.87. The van der Waals surface area contributed by atoms with E-state index in [0.717, 1.165) is 25.7 Å². The van der Waals surface area contributed by atoms with Gasteiger partial charge in [0, 0.05) is 17.8 Å². The van der Waals surface area contributed by atoms with Crippen LogP contribution < -0.4 is 11.1 Å². The number of nitrogens with one attached hydrogen (secondary N) is 1. The number of benzene rings is 1. The lowest BCUT2D eigenvalue weighted by molar-refractivity contribution is -0.384. The number of anilines is 1. The van der Waals surface area contributed by atoms with Crippen molar-refractivity contribution in [3.63, 3.8) is 0 Å². The highest BCUT2D eigenvalue weighted by Gasteiger charge is 2.18. The van der Waals surface area contributed by atoms with Crippen molar-refractivity contribution in [2.75, 3.05) is 12.4 Å². The normalized spacial score (nSPS) is 11.0. The number of halogens is 1. The molecule has 1 unspecified atom stereocenters. The van der Waals surface area contributed by atoms with Crippen LogP contribution in [0, 0.1) is 10.1 Å². The first-order valence-corrected chi connectivity index (χ1v) is 6.33. The van der Waals surface area contributed by atoms with Crippen LogP contribution in [0.1, 0.15) is 30.1 Å². The summed E-state index contributed by atoms with van der Waals surface area (Å²) in [7, 11) is 1.16. The molecule has 1 rings (SSSR count). The molecule has 1 aromatic carbocycles. The first kappa shape index (κ1) is 19.8. The average Bonchev–Trinajstić information content (AvgIpc) is 2.46. The third-order valence-electron chi connectivity index (χ3n) is 2.75. The van der Waals surface area contributed by atoms with Crippen molar-refractivity contribution < 1.29 is 19.2 Å². The number of non-ortho nitro benzene ring substituents is 1. The zero-order chi connectivity index (χ0) is 16.0. The van der Waals surface area contributed by atoms with Crippen LogP contribution >= 0.6 is 12.4 Å². The molecule has 0 spiro atoms. The number of nitrogens with two attached hydrogens (primary N) is 1. The number of rotatable bonds is 6. The fourth-order valence-corrected chi connectivity index (χ4v) is 1.70. The summed E-state index contributed by atoms with van der Waals surface area (Å²) in [6.45, 7) is 1.88. The molecule has 1 amide bonds. The Morgan fingerprint density at radius 3 is 2.55 bits per heavy atom. The first-order valence-electron chi connectivity index (χ1n) is 6.33. The van der Waals surface area contributed by atoms with Crippen molar-refractivity contribution in [1.82, 2.24) is 0 Å². The third kappa shape index (κ3) is 5.30. The number of nitro groups is 1. The van der Waals surface area contributed by atoms with Gasteiger partial charge in [-0.1, -0.05) is 13.3 Å². The standard InChI is InChI=1S/C13H17N3O5.ClH/c1-3-4-11(14)12(17)15-9-5-8(13(18)21-2)6-10(7-9)16(19)20;/h5-7,11H,3-4,14H2,1-2H3,(H,15,17);1H. The Morgan fingerprint density at radius 1 is 1.41 bits per heavy atom. The third-order valence-corrected chi connectivity index (χ3v) is 2.75. The second-order valence-electron chi connectivity index (χ2n) is 4.40. The molecule has 0 radical (unpaired) electrons. The number of amides is 1. The van der Waals surface area contributed by atoms with Crippen molar-refractivity contribution in [1.29, 1.82) is 0 Å². The molecular formula is C13H18ClN3O5. The summed E-state index contributed by atoms with van der Waals surface area (Å²) in [5, 5.41) is 13.3. The van der Waals surface area contributed by atoms with Gasteiger partial charge in [0.2, 0.25) is 5.91 Å². The fraction of sp³-hybridized carbons (Fsp3) is 0.385. The van der Waals surface area contributed by atoms with Crippen molar-refractivity contribution in [3.05, 3.63) is 33.9 Å². The van der Waals surface area contributed by atoms with Gasteiger partial charge >= 0.3 is 5.97 Å². The number of ether oxygens (including phenoxy) is 1. The minimum absolute atomic E-state index is 0. The molecule has 0 heterocycles. The van der Waals surface area contributed by atoms with Crippen molar-refractivity contribution in [2.24, 2.45) is 5.73 Å². The van der Waals surface area contributed by atoms with Gasteiger partial charge in [-0.15, -0.1) is 12.4 Å². The van der Waals surface area contributed by atoms with Crippen molar-refractivity contribution >= 4 is 35.7 Å². The van der Waals surface area contributed by atoms with E-state index in [-0.39, 0.29) is 29.3 Å². The smallest absolute Gasteiger partial charge is 0.338 e. The highest BCUT2D eigenvalue weighted by atomic mass is 35.5. The molecule has 0 aliphatic rings. The lowest BCUT2D eigenvalue weighted by atomic mass is 10.1. The molecule has 1 atom stereocenters. The second-order valence-corrected chi connectivity index (χ2v) is 4.40. The van der Waals surface area contributed by atoms with E-state index >= 15 is 0 Å². The molecule has 0 aliphatic carbocycles. The monoisotopic (exact) mass is 331 g/mol. The Balaban J connectivity index is 0.00000441. The lowest BCUT2D eigenvalue weighted by Gasteiger charge is -2.11. The van der Waals surface area contributed by atoms with E-state index in [1.54, 1.807) is 0 Å². The van der Waals surface area contributed by atoms with Crippen LogP contribution in [-0.2, 0) is 9.53 Å². The number of nitrogens with zero attached hydrogens (tertiary/aromatic N) is 1. The first-order chi connectivity index (χ1) is 9.88. The number of esters is 1. The van der Waals surface area contributed by atoms with Crippen molar-refractivity contribution in [2.45, 2.75) is 25.8 Å². The van der Waals surface area contributed by atoms with Crippen LogP contribution in [-0.4, -0.2) is 30.0 Å². The summed E-state index contributed by atoms with van der Waals surface area (Å²) < 4.78 is 4.52. The van der Waals surface area contributed by atoms with E-state index in [1.807, 2.05) is 6.92 Å². The SMILES string of the molecule is CCCC(N)C(=O)Nc1cc(C(=O)OC)cc([N+](=O)[O-])c1.Cl. The maximum absolute atomic E-state index is 11.8. The molecule has 0 aliphatic heterocycles. The van der Waals surface area contributed by atoms with Gasteiger partial charge in [0.05, 0.1) is 23.6 Å². The molecule has 1 aromatic rings. The lowest BCUT2D eigenvalue weighted by Crippen LogP contribution is -2.35. The second kappa shape index (κ2) is 8.96. The number of hydrogen-bond donors (Lipinski definition) is 2. The van der Waals surface area contributed by atoms with Gasteiger partial charge in [0.25, 0.3) is 5.69 Å². The summed E-state index contributed by atoms with van der Waals surface area (Å²) in [6, 6.07) is 2.82. The summed E-state index contributed by atoms with van der Waals surface area (Å²) in [6.07, 6.45) is 1.22. The Morgan fingerprint density at radius 2 is 2.05 bits per heavy atom. The summed E-state index contributed by atoms with van der Waals surface area (Å²) in [5.74, 6) is -1.19. The van der Waals surface area contributed by atoms with Crippen LogP contribution in [0.25, 0.3) is 0 Å². The molecule has 0 saturated carbocycles. The molecule has 0 saturated heterocycles. The Bertz CT molecular complexity index is 565. The Labute approximate surface area is 133 Å². The van der Waals surface area contributed by atoms with E-state index in [1.165, 1.54) is 6.07 Å².